The van der Waals surface area contributed by atoms with Crippen LogP contribution in [0.5, 0.6) is 0 Å². The lowest BCUT2D eigenvalue weighted by Crippen LogP contribution is -2.03. The molecule has 1 heterocycles. The van der Waals surface area contributed by atoms with Gasteiger partial charge in [0.25, 0.3) is 0 Å². The molecule has 1 nitrogen and oxygen atoms in total. The van der Waals surface area contributed by atoms with Gasteiger partial charge in [-0.2, -0.15) is 0 Å². The summed E-state index contributed by atoms with van der Waals surface area (Å²) in [6.07, 6.45) is 6.18. The van der Waals surface area contributed by atoms with Crippen molar-refractivity contribution < 1.29 is 0 Å². The Morgan fingerprint density at radius 1 is 1.57 bits per heavy atom. The maximum atomic E-state index is 5.71. The lowest BCUT2D eigenvalue weighted by molar-refractivity contribution is 0.534. The Kier molecular flexibility index (Phi) is 3.04. The standard InChI is InChI=1S/C12H17NS/c1-9-2-4-10(5-3-9)11-6-7-14-12(11)8-13/h4,6-7,9H,2-3,5,8,13H2,1H3. The molecule has 0 saturated carbocycles. The molecule has 0 aromatic carbocycles. The fourth-order valence-corrected chi connectivity index (χ4v) is 2.79. The van der Waals surface area contributed by atoms with E-state index in [0.717, 1.165) is 5.92 Å². The van der Waals surface area contributed by atoms with Crippen LogP contribution in [0.1, 0.15) is 36.6 Å². The van der Waals surface area contributed by atoms with Crippen LogP contribution in [0.3, 0.4) is 0 Å². The van der Waals surface area contributed by atoms with Crippen LogP contribution in [0.25, 0.3) is 5.57 Å². The van der Waals surface area contributed by atoms with Crippen LogP contribution in [0.4, 0.5) is 0 Å². The summed E-state index contributed by atoms with van der Waals surface area (Å²) in [5.74, 6) is 0.860. The highest BCUT2D eigenvalue weighted by molar-refractivity contribution is 7.10. The average Bonchev–Trinajstić information content (AvgIpc) is 2.67. The number of allylic oxidation sites excluding steroid dienone is 2. The van der Waals surface area contributed by atoms with Gasteiger partial charge in [0.05, 0.1) is 0 Å². The van der Waals surface area contributed by atoms with Crippen LogP contribution in [0, 0.1) is 5.92 Å². The molecule has 1 aliphatic carbocycles. The molecule has 1 aliphatic rings. The third-order valence-corrected chi connectivity index (χ3v) is 3.89. The van der Waals surface area contributed by atoms with Crippen molar-refractivity contribution in [3.8, 4) is 0 Å². The van der Waals surface area contributed by atoms with Gasteiger partial charge in [0.15, 0.2) is 0 Å². The Morgan fingerprint density at radius 2 is 2.43 bits per heavy atom. The number of hydrogen-bond donors (Lipinski definition) is 1. The number of rotatable bonds is 2. The molecule has 1 unspecified atom stereocenters. The van der Waals surface area contributed by atoms with Crippen molar-refractivity contribution in [3.05, 3.63) is 28.0 Å². The molecule has 1 aromatic heterocycles. The van der Waals surface area contributed by atoms with E-state index in [0.29, 0.717) is 6.54 Å². The van der Waals surface area contributed by atoms with E-state index in [2.05, 4.69) is 24.4 Å². The lowest BCUT2D eigenvalue weighted by Gasteiger charge is -2.18. The molecule has 2 rings (SSSR count). The van der Waals surface area contributed by atoms with E-state index >= 15 is 0 Å². The highest BCUT2D eigenvalue weighted by Gasteiger charge is 2.14. The summed E-state index contributed by atoms with van der Waals surface area (Å²) in [5.41, 5.74) is 8.64. The molecule has 1 atom stereocenters. The van der Waals surface area contributed by atoms with Crippen LogP contribution in [-0.4, -0.2) is 0 Å². The quantitative estimate of drug-likeness (QED) is 0.790. The van der Waals surface area contributed by atoms with Gasteiger partial charge in [-0.1, -0.05) is 13.0 Å². The summed E-state index contributed by atoms with van der Waals surface area (Å²) in [6, 6.07) is 2.22. The smallest absolute Gasteiger partial charge is 0.0279 e. The van der Waals surface area contributed by atoms with Gasteiger partial charge in [-0.15, -0.1) is 11.3 Å². The van der Waals surface area contributed by atoms with Gasteiger partial charge in [0.2, 0.25) is 0 Å². The molecule has 2 N–H and O–H groups in total. The number of hydrogen-bond acceptors (Lipinski definition) is 2. The van der Waals surface area contributed by atoms with Gasteiger partial charge < -0.3 is 5.73 Å². The van der Waals surface area contributed by atoms with Gasteiger partial charge in [0, 0.05) is 11.4 Å². The summed E-state index contributed by atoms with van der Waals surface area (Å²) in [4.78, 5) is 1.34. The summed E-state index contributed by atoms with van der Waals surface area (Å²) < 4.78 is 0. The van der Waals surface area contributed by atoms with Crippen molar-refractivity contribution in [1.29, 1.82) is 0 Å². The van der Waals surface area contributed by atoms with E-state index in [1.807, 2.05) is 0 Å². The van der Waals surface area contributed by atoms with Gasteiger partial charge in [-0.05, 0) is 47.8 Å². The molecule has 0 saturated heterocycles. The van der Waals surface area contributed by atoms with Crippen LogP contribution >= 0.6 is 11.3 Å². The van der Waals surface area contributed by atoms with Crippen molar-refractivity contribution in [2.45, 2.75) is 32.7 Å². The molecule has 76 valence electrons. The fourth-order valence-electron chi connectivity index (χ4n) is 1.99. The first-order valence-corrected chi connectivity index (χ1v) is 6.15. The van der Waals surface area contributed by atoms with Crippen molar-refractivity contribution in [2.75, 3.05) is 0 Å². The Morgan fingerprint density at radius 3 is 3.07 bits per heavy atom. The molecular formula is C12H17NS. The first kappa shape index (κ1) is 9.94. The Hall–Kier alpha value is -0.600. The van der Waals surface area contributed by atoms with Gasteiger partial charge in [0.1, 0.15) is 0 Å². The van der Waals surface area contributed by atoms with Crippen LogP contribution in [-0.2, 0) is 6.54 Å². The minimum absolute atomic E-state index is 0.680. The van der Waals surface area contributed by atoms with Gasteiger partial charge >= 0.3 is 0 Å². The second kappa shape index (κ2) is 4.28. The minimum Gasteiger partial charge on any atom is -0.326 e. The van der Waals surface area contributed by atoms with Gasteiger partial charge in [-0.25, -0.2) is 0 Å². The third-order valence-electron chi connectivity index (χ3n) is 2.95. The first-order valence-electron chi connectivity index (χ1n) is 5.27. The zero-order valence-electron chi connectivity index (χ0n) is 8.62. The zero-order chi connectivity index (χ0) is 9.97. The first-order chi connectivity index (χ1) is 6.81. The highest BCUT2D eigenvalue weighted by Crippen LogP contribution is 2.33. The third kappa shape index (κ3) is 1.91. The SMILES string of the molecule is CC1CC=C(c2ccsc2CN)CC1. The largest absolute Gasteiger partial charge is 0.326 e. The van der Waals surface area contributed by atoms with Crippen LogP contribution in [0.15, 0.2) is 17.5 Å². The lowest BCUT2D eigenvalue weighted by atomic mass is 9.88. The van der Waals surface area contributed by atoms with Gasteiger partial charge in [-0.3, -0.25) is 0 Å². The molecule has 0 spiro atoms. The monoisotopic (exact) mass is 207 g/mol. The predicted molar refractivity (Wildman–Crippen MR) is 63.2 cm³/mol. The minimum atomic E-state index is 0.680. The topological polar surface area (TPSA) is 26.0 Å². The van der Waals surface area contributed by atoms with E-state index in [1.165, 1.54) is 35.3 Å². The van der Waals surface area contributed by atoms with E-state index in [-0.39, 0.29) is 0 Å². The molecule has 14 heavy (non-hydrogen) atoms. The summed E-state index contributed by atoms with van der Waals surface area (Å²) in [7, 11) is 0. The molecule has 0 amide bonds. The Balaban J connectivity index is 2.23. The Labute approximate surface area is 89.6 Å². The highest BCUT2D eigenvalue weighted by atomic mass is 32.1. The molecule has 2 heteroatoms. The Bertz CT molecular complexity index is 338. The summed E-state index contributed by atoms with van der Waals surface area (Å²) in [5, 5.41) is 2.15. The van der Waals surface area contributed by atoms with Crippen molar-refractivity contribution in [3.63, 3.8) is 0 Å². The van der Waals surface area contributed by atoms with Crippen LogP contribution in [0.2, 0.25) is 0 Å². The normalized spacial score (nSPS) is 22.1. The average molecular weight is 207 g/mol. The molecule has 0 bridgehead atoms. The van der Waals surface area contributed by atoms with E-state index in [1.54, 1.807) is 11.3 Å². The molecular weight excluding hydrogens is 190 g/mol. The zero-order valence-corrected chi connectivity index (χ0v) is 9.44. The van der Waals surface area contributed by atoms with E-state index < -0.39 is 0 Å². The molecule has 0 radical (unpaired) electrons. The van der Waals surface area contributed by atoms with Crippen LogP contribution < -0.4 is 5.73 Å². The second-order valence-electron chi connectivity index (χ2n) is 4.07. The van der Waals surface area contributed by atoms with Crippen molar-refractivity contribution in [2.24, 2.45) is 11.7 Å². The maximum absolute atomic E-state index is 5.71. The fraction of sp³-hybridized carbons (Fsp3) is 0.500. The number of thiophene rings is 1. The maximum Gasteiger partial charge on any atom is 0.0279 e. The molecule has 0 fully saturated rings. The summed E-state index contributed by atoms with van der Waals surface area (Å²) in [6.45, 7) is 3.00. The van der Waals surface area contributed by atoms with E-state index in [4.69, 9.17) is 5.73 Å². The second-order valence-corrected chi connectivity index (χ2v) is 5.07. The molecule has 1 aromatic rings. The van der Waals surface area contributed by atoms with Crippen molar-refractivity contribution in [1.82, 2.24) is 0 Å². The predicted octanol–water partition coefficient (Wildman–Crippen LogP) is 3.41. The van der Waals surface area contributed by atoms with Crippen molar-refractivity contribution >= 4 is 16.9 Å². The van der Waals surface area contributed by atoms with E-state index in [9.17, 15) is 0 Å². The molecule has 0 aliphatic heterocycles. The number of nitrogens with two attached hydrogens (primary N) is 1. The summed E-state index contributed by atoms with van der Waals surface area (Å²) >= 11 is 1.78.